The molecule has 5 heteroatoms. The molecule has 1 amide bonds. The van der Waals surface area contributed by atoms with Crippen LogP contribution in [0.5, 0.6) is 0 Å². The standard InChI is InChI=1S/C11H13FN2OS/c1-14(7-10(13)16)11(15)6-8-2-4-9(12)5-3-8/h2-5H,6-7H2,1H3,(H2,13,16). The van der Waals surface area contributed by atoms with Crippen LogP contribution in [0.2, 0.25) is 0 Å². The summed E-state index contributed by atoms with van der Waals surface area (Å²) in [6.07, 6.45) is 0.222. The van der Waals surface area contributed by atoms with Crippen LogP contribution in [-0.2, 0) is 11.2 Å². The lowest BCUT2D eigenvalue weighted by Gasteiger charge is -2.16. The lowest BCUT2D eigenvalue weighted by molar-refractivity contribution is -0.128. The molecule has 0 saturated heterocycles. The number of rotatable bonds is 4. The maximum Gasteiger partial charge on any atom is 0.227 e. The highest BCUT2D eigenvalue weighted by Crippen LogP contribution is 2.04. The first-order valence-electron chi connectivity index (χ1n) is 4.75. The van der Waals surface area contributed by atoms with Gasteiger partial charge in [0.25, 0.3) is 0 Å². The molecule has 1 rings (SSSR count). The van der Waals surface area contributed by atoms with Crippen LogP contribution >= 0.6 is 12.2 Å². The van der Waals surface area contributed by atoms with Crippen LogP contribution in [-0.4, -0.2) is 29.4 Å². The van der Waals surface area contributed by atoms with Crippen LogP contribution in [0.1, 0.15) is 5.56 Å². The van der Waals surface area contributed by atoms with Gasteiger partial charge in [-0.15, -0.1) is 0 Å². The molecule has 16 heavy (non-hydrogen) atoms. The van der Waals surface area contributed by atoms with E-state index >= 15 is 0 Å². The molecule has 0 aliphatic carbocycles. The number of amides is 1. The third kappa shape index (κ3) is 3.94. The molecule has 1 aromatic carbocycles. The van der Waals surface area contributed by atoms with Crippen molar-refractivity contribution in [3.63, 3.8) is 0 Å². The summed E-state index contributed by atoms with van der Waals surface area (Å²) in [5.41, 5.74) is 6.10. The zero-order chi connectivity index (χ0) is 12.1. The van der Waals surface area contributed by atoms with Crippen LogP contribution in [0.3, 0.4) is 0 Å². The van der Waals surface area contributed by atoms with Gasteiger partial charge in [-0.25, -0.2) is 4.39 Å². The molecule has 0 spiro atoms. The molecular formula is C11H13FN2OS. The van der Waals surface area contributed by atoms with Crippen LogP contribution in [0.15, 0.2) is 24.3 Å². The number of halogens is 1. The van der Waals surface area contributed by atoms with E-state index in [0.717, 1.165) is 5.56 Å². The number of hydrogen-bond donors (Lipinski definition) is 1. The van der Waals surface area contributed by atoms with Crippen LogP contribution in [0, 0.1) is 5.82 Å². The zero-order valence-electron chi connectivity index (χ0n) is 8.94. The monoisotopic (exact) mass is 240 g/mol. The van der Waals surface area contributed by atoms with Gasteiger partial charge in [-0.05, 0) is 17.7 Å². The number of thiocarbonyl (C=S) groups is 1. The fourth-order valence-corrected chi connectivity index (χ4v) is 1.43. The van der Waals surface area contributed by atoms with Crippen molar-refractivity contribution in [2.75, 3.05) is 13.6 Å². The number of nitrogens with two attached hydrogens (primary N) is 1. The van der Waals surface area contributed by atoms with E-state index in [2.05, 4.69) is 0 Å². The molecule has 1 aromatic rings. The summed E-state index contributed by atoms with van der Waals surface area (Å²) >= 11 is 4.71. The summed E-state index contributed by atoms with van der Waals surface area (Å²) in [7, 11) is 1.63. The minimum atomic E-state index is -0.312. The minimum absolute atomic E-state index is 0.0978. The van der Waals surface area contributed by atoms with E-state index in [9.17, 15) is 9.18 Å². The summed E-state index contributed by atoms with van der Waals surface area (Å²) in [6.45, 7) is 0.259. The Morgan fingerprint density at radius 3 is 2.50 bits per heavy atom. The Balaban J connectivity index is 2.57. The lowest BCUT2D eigenvalue weighted by atomic mass is 10.1. The average molecular weight is 240 g/mol. The van der Waals surface area contributed by atoms with Gasteiger partial charge in [0.05, 0.1) is 18.0 Å². The zero-order valence-corrected chi connectivity index (χ0v) is 9.76. The first-order valence-corrected chi connectivity index (χ1v) is 5.16. The highest BCUT2D eigenvalue weighted by molar-refractivity contribution is 7.80. The van der Waals surface area contributed by atoms with Crippen molar-refractivity contribution >= 4 is 23.1 Å². The lowest BCUT2D eigenvalue weighted by Crippen LogP contribution is -2.35. The Morgan fingerprint density at radius 1 is 1.44 bits per heavy atom. The first kappa shape index (κ1) is 12.6. The third-order valence-corrected chi connectivity index (χ3v) is 2.22. The Hall–Kier alpha value is -1.49. The molecule has 0 aliphatic heterocycles. The van der Waals surface area contributed by atoms with Crippen molar-refractivity contribution in [1.29, 1.82) is 0 Å². The van der Waals surface area contributed by atoms with Gasteiger partial charge in [0.2, 0.25) is 5.91 Å². The molecule has 0 bridgehead atoms. The maximum absolute atomic E-state index is 12.6. The third-order valence-electron chi connectivity index (χ3n) is 2.09. The van der Waals surface area contributed by atoms with Crippen molar-refractivity contribution < 1.29 is 9.18 Å². The SMILES string of the molecule is CN(CC(N)=S)C(=O)Cc1ccc(F)cc1. The molecule has 0 fully saturated rings. The Morgan fingerprint density at radius 2 is 2.00 bits per heavy atom. The van der Waals surface area contributed by atoms with Gasteiger partial charge < -0.3 is 10.6 Å². The quantitative estimate of drug-likeness (QED) is 0.802. The highest BCUT2D eigenvalue weighted by Gasteiger charge is 2.10. The normalized spacial score (nSPS) is 9.88. The molecule has 86 valence electrons. The van der Waals surface area contributed by atoms with Crippen molar-refractivity contribution in [2.45, 2.75) is 6.42 Å². The number of benzene rings is 1. The number of hydrogen-bond acceptors (Lipinski definition) is 2. The Labute approximate surface area is 99.0 Å². The Kier molecular flexibility index (Phi) is 4.37. The Bertz CT molecular complexity index is 391. The number of likely N-dealkylation sites (N-methyl/N-ethyl adjacent to an activating group) is 1. The fraction of sp³-hybridized carbons (Fsp3) is 0.273. The molecule has 0 aliphatic rings. The molecule has 3 nitrogen and oxygen atoms in total. The van der Waals surface area contributed by atoms with Crippen LogP contribution in [0.25, 0.3) is 0 Å². The van der Waals surface area contributed by atoms with Gasteiger partial charge >= 0.3 is 0 Å². The topological polar surface area (TPSA) is 46.3 Å². The van der Waals surface area contributed by atoms with Crippen molar-refractivity contribution in [1.82, 2.24) is 4.90 Å². The van der Waals surface area contributed by atoms with Gasteiger partial charge in [0.1, 0.15) is 5.82 Å². The number of nitrogens with zero attached hydrogens (tertiary/aromatic N) is 1. The minimum Gasteiger partial charge on any atom is -0.392 e. The second-order valence-electron chi connectivity index (χ2n) is 3.52. The van der Waals surface area contributed by atoms with Crippen molar-refractivity contribution in [2.24, 2.45) is 5.73 Å². The highest BCUT2D eigenvalue weighted by atomic mass is 32.1. The van der Waals surface area contributed by atoms with Crippen molar-refractivity contribution in [3.8, 4) is 0 Å². The summed E-state index contributed by atoms with van der Waals surface area (Å²) in [5, 5.41) is 0. The number of carbonyl (C=O) groups excluding carboxylic acids is 1. The van der Waals surface area contributed by atoms with Crippen LogP contribution in [0.4, 0.5) is 4.39 Å². The van der Waals surface area contributed by atoms with Gasteiger partial charge in [0.15, 0.2) is 0 Å². The van der Waals surface area contributed by atoms with E-state index in [0.29, 0.717) is 0 Å². The molecule has 0 radical (unpaired) electrons. The van der Waals surface area contributed by atoms with Crippen molar-refractivity contribution in [3.05, 3.63) is 35.6 Å². The van der Waals surface area contributed by atoms with Gasteiger partial charge in [0, 0.05) is 7.05 Å². The molecule has 0 saturated carbocycles. The molecule has 0 atom stereocenters. The molecule has 0 aromatic heterocycles. The predicted octanol–water partition coefficient (Wildman–Crippen LogP) is 1.11. The molecule has 2 N–H and O–H groups in total. The second-order valence-corrected chi connectivity index (χ2v) is 4.04. The maximum atomic E-state index is 12.6. The number of carbonyl (C=O) groups is 1. The molecular weight excluding hydrogens is 227 g/mol. The first-order chi connectivity index (χ1) is 7.49. The fourth-order valence-electron chi connectivity index (χ4n) is 1.23. The smallest absolute Gasteiger partial charge is 0.227 e. The van der Waals surface area contributed by atoms with Gasteiger partial charge in [-0.3, -0.25) is 4.79 Å². The summed E-state index contributed by atoms with van der Waals surface area (Å²) < 4.78 is 12.6. The summed E-state index contributed by atoms with van der Waals surface area (Å²) in [6, 6.07) is 5.83. The van der Waals surface area contributed by atoms with E-state index in [4.69, 9.17) is 18.0 Å². The molecule has 0 heterocycles. The predicted molar refractivity (Wildman–Crippen MR) is 64.5 cm³/mol. The molecule has 0 unspecified atom stereocenters. The van der Waals surface area contributed by atoms with E-state index in [-0.39, 0.29) is 29.7 Å². The van der Waals surface area contributed by atoms with E-state index in [1.165, 1.54) is 17.0 Å². The van der Waals surface area contributed by atoms with E-state index < -0.39 is 0 Å². The van der Waals surface area contributed by atoms with Gasteiger partial charge in [-0.2, -0.15) is 0 Å². The largest absolute Gasteiger partial charge is 0.392 e. The summed E-state index contributed by atoms with van der Waals surface area (Å²) in [5.74, 6) is -0.410. The average Bonchev–Trinajstić information content (AvgIpc) is 2.20. The van der Waals surface area contributed by atoms with Gasteiger partial charge in [-0.1, -0.05) is 24.4 Å². The van der Waals surface area contributed by atoms with E-state index in [1.807, 2.05) is 0 Å². The summed E-state index contributed by atoms with van der Waals surface area (Å²) in [4.78, 5) is 13.4. The second kappa shape index (κ2) is 5.55. The van der Waals surface area contributed by atoms with E-state index in [1.54, 1.807) is 19.2 Å². The van der Waals surface area contributed by atoms with Crippen LogP contribution < -0.4 is 5.73 Å².